The molecule has 0 atom stereocenters. The Morgan fingerprint density at radius 3 is 1.94 bits per heavy atom. The summed E-state index contributed by atoms with van der Waals surface area (Å²) in [5, 5.41) is 2.04. The van der Waals surface area contributed by atoms with Crippen molar-refractivity contribution in [3.63, 3.8) is 0 Å². The fourth-order valence-electron chi connectivity index (χ4n) is 1.81. The number of halogens is 2. The topological polar surface area (TPSA) is 0 Å². The molecular formula is C15H14Cl2Si. The van der Waals surface area contributed by atoms with Crippen LogP contribution in [0.15, 0.2) is 60.7 Å². The molecule has 2 aromatic carbocycles. The van der Waals surface area contributed by atoms with Gasteiger partial charge in [0.15, 0.2) is 0 Å². The van der Waals surface area contributed by atoms with Crippen LogP contribution in [0.5, 0.6) is 0 Å². The quantitative estimate of drug-likeness (QED) is 0.597. The molecule has 0 aliphatic rings. The molecule has 0 saturated carbocycles. The minimum Gasteiger partial charge on any atom is -0.134 e. The van der Waals surface area contributed by atoms with E-state index in [0.717, 1.165) is 15.9 Å². The molecule has 0 amide bonds. The van der Waals surface area contributed by atoms with Gasteiger partial charge in [0, 0.05) is 0 Å². The summed E-state index contributed by atoms with van der Waals surface area (Å²) in [6.07, 6.45) is 4.07. The minimum absolute atomic E-state index is 1.02. The molecule has 0 spiro atoms. The Labute approximate surface area is 118 Å². The molecule has 0 N–H and O–H groups in total. The minimum atomic E-state index is -2.58. The summed E-state index contributed by atoms with van der Waals surface area (Å²) in [6, 6.07) is 18.0. The van der Waals surface area contributed by atoms with Gasteiger partial charge in [0.1, 0.15) is 0 Å². The highest BCUT2D eigenvalue weighted by atomic mass is 35.7. The lowest BCUT2D eigenvalue weighted by Crippen LogP contribution is -2.48. The number of hydrogen-bond donors (Lipinski definition) is 0. The highest BCUT2D eigenvalue weighted by Crippen LogP contribution is 2.16. The molecule has 0 aliphatic heterocycles. The molecule has 0 radical (unpaired) electrons. The number of allylic oxidation sites excluding steroid dienone is 1. The van der Waals surface area contributed by atoms with Crippen molar-refractivity contribution in [2.75, 3.05) is 0 Å². The van der Waals surface area contributed by atoms with E-state index in [9.17, 15) is 0 Å². The van der Waals surface area contributed by atoms with E-state index in [4.69, 9.17) is 22.2 Å². The van der Waals surface area contributed by atoms with E-state index < -0.39 is 6.69 Å². The average Bonchev–Trinajstić information content (AvgIpc) is 2.41. The number of hydrogen-bond acceptors (Lipinski definition) is 0. The van der Waals surface area contributed by atoms with Gasteiger partial charge in [-0.05, 0) is 22.9 Å². The molecule has 92 valence electrons. The predicted octanol–water partition coefficient (Wildman–Crippen LogP) is 3.75. The van der Waals surface area contributed by atoms with Crippen molar-refractivity contribution in [3.05, 3.63) is 66.2 Å². The lowest BCUT2D eigenvalue weighted by molar-refractivity contribution is 1.67. The smallest absolute Gasteiger partial charge is 0.134 e. The molecule has 0 aliphatic carbocycles. The Balaban J connectivity index is 2.35. The molecule has 2 rings (SSSR count). The summed E-state index contributed by atoms with van der Waals surface area (Å²) in [5.41, 5.74) is 1.16. The third-order valence-corrected chi connectivity index (χ3v) is 7.50. The second-order valence-corrected chi connectivity index (χ2v) is 10.3. The Hall–Kier alpha value is -1.02. The fourth-order valence-corrected chi connectivity index (χ4v) is 4.85. The zero-order valence-corrected chi connectivity index (χ0v) is 12.6. The Bertz CT molecular complexity index is 530. The Morgan fingerprint density at radius 2 is 1.39 bits per heavy atom. The van der Waals surface area contributed by atoms with Crippen LogP contribution in [-0.2, 0) is 0 Å². The SMILES string of the molecule is CC=Cc1ccc([Si](Cl)(Cl)c2ccccc2)cc1. The van der Waals surface area contributed by atoms with Crippen LogP contribution in [0.25, 0.3) is 6.08 Å². The maximum atomic E-state index is 6.60. The molecule has 3 heteroatoms. The van der Waals surface area contributed by atoms with Crippen LogP contribution in [0.2, 0.25) is 0 Å². The Morgan fingerprint density at radius 1 is 0.833 bits per heavy atom. The second-order valence-electron chi connectivity index (χ2n) is 4.06. The Kier molecular flexibility index (Phi) is 4.28. The van der Waals surface area contributed by atoms with E-state index in [1.54, 1.807) is 0 Å². The summed E-state index contributed by atoms with van der Waals surface area (Å²) in [5.74, 6) is 0. The van der Waals surface area contributed by atoms with Gasteiger partial charge >= 0.3 is 6.69 Å². The van der Waals surface area contributed by atoms with Gasteiger partial charge in [0.2, 0.25) is 0 Å². The third-order valence-electron chi connectivity index (χ3n) is 2.77. The molecule has 0 nitrogen and oxygen atoms in total. The van der Waals surface area contributed by atoms with Gasteiger partial charge in [0.25, 0.3) is 0 Å². The maximum Gasteiger partial charge on any atom is 0.310 e. The van der Waals surface area contributed by atoms with Crippen LogP contribution in [0.3, 0.4) is 0 Å². The zero-order chi connectivity index (χ0) is 13.0. The summed E-state index contributed by atoms with van der Waals surface area (Å²) in [6.45, 7) is -0.581. The summed E-state index contributed by atoms with van der Waals surface area (Å²) < 4.78 is 0. The van der Waals surface area contributed by atoms with E-state index in [2.05, 4.69) is 6.08 Å². The van der Waals surface area contributed by atoms with Crippen molar-refractivity contribution in [1.29, 1.82) is 0 Å². The molecule has 0 unspecified atom stereocenters. The van der Waals surface area contributed by atoms with E-state index in [1.807, 2.05) is 67.6 Å². The van der Waals surface area contributed by atoms with E-state index in [-0.39, 0.29) is 0 Å². The molecule has 0 bridgehead atoms. The number of rotatable bonds is 3. The first-order chi connectivity index (χ1) is 8.64. The van der Waals surface area contributed by atoms with Crippen molar-refractivity contribution in [1.82, 2.24) is 0 Å². The van der Waals surface area contributed by atoms with Gasteiger partial charge in [-0.15, -0.1) is 22.2 Å². The van der Waals surface area contributed by atoms with E-state index in [0.29, 0.717) is 0 Å². The first-order valence-electron chi connectivity index (χ1n) is 5.81. The molecule has 0 aromatic heterocycles. The largest absolute Gasteiger partial charge is 0.310 e. The van der Waals surface area contributed by atoms with Gasteiger partial charge in [-0.1, -0.05) is 66.7 Å². The molecule has 0 heterocycles. The summed E-state index contributed by atoms with van der Waals surface area (Å²) >= 11 is 13.2. The van der Waals surface area contributed by atoms with Crippen molar-refractivity contribution in [2.45, 2.75) is 6.92 Å². The van der Waals surface area contributed by atoms with E-state index >= 15 is 0 Å². The first-order valence-corrected chi connectivity index (χ1v) is 9.83. The van der Waals surface area contributed by atoms with Crippen molar-refractivity contribution < 1.29 is 0 Å². The highest BCUT2D eigenvalue weighted by molar-refractivity contribution is 7.56. The van der Waals surface area contributed by atoms with Gasteiger partial charge in [-0.2, -0.15) is 0 Å². The van der Waals surface area contributed by atoms with Crippen LogP contribution in [-0.4, -0.2) is 6.69 Å². The van der Waals surface area contributed by atoms with Gasteiger partial charge in [-0.3, -0.25) is 0 Å². The van der Waals surface area contributed by atoms with Crippen molar-refractivity contribution >= 4 is 45.3 Å². The normalized spacial score (nSPS) is 11.9. The summed E-state index contributed by atoms with van der Waals surface area (Å²) in [4.78, 5) is 0. The molecule has 0 saturated heterocycles. The lowest BCUT2D eigenvalue weighted by Gasteiger charge is -2.17. The van der Waals surface area contributed by atoms with Crippen LogP contribution in [0.4, 0.5) is 0 Å². The first kappa shape index (κ1) is 13.4. The lowest BCUT2D eigenvalue weighted by atomic mass is 10.2. The van der Waals surface area contributed by atoms with Crippen molar-refractivity contribution in [3.8, 4) is 0 Å². The van der Waals surface area contributed by atoms with Gasteiger partial charge in [-0.25, -0.2) is 0 Å². The monoisotopic (exact) mass is 292 g/mol. The van der Waals surface area contributed by atoms with Crippen LogP contribution in [0, 0.1) is 0 Å². The van der Waals surface area contributed by atoms with Crippen LogP contribution in [0.1, 0.15) is 12.5 Å². The fraction of sp³-hybridized carbons (Fsp3) is 0.0667. The average molecular weight is 293 g/mol. The maximum absolute atomic E-state index is 6.60. The zero-order valence-electron chi connectivity index (χ0n) is 10.1. The summed E-state index contributed by atoms with van der Waals surface area (Å²) in [7, 11) is 0. The van der Waals surface area contributed by atoms with Gasteiger partial charge < -0.3 is 0 Å². The predicted molar refractivity (Wildman–Crippen MR) is 84.3 cm³/mol. The van der Waals surface area contributed by atoms with Crippen LogP contribution >= 0.6 is 22.2 Å². The highest BCUT2D eigenvalue weighted by Gasteiger charge is 2.33. The van der Waals surface area contributed by atoms with E-state index in [1.165, 1.54) is 0 Å². The third kappa shape index (κ3) is 2.86. The molecule has 2 aromatic rings. The van der Waals surface area contributed by atoms with Crippen molar-refractivity contribution in [2.24, 2.45) is 0 Å². The number of benzene rings is 2. The molecule has 0 fully saturated rings. The molecule has 18 heavy (non-hydrogen) atoms. The van der Waals surface area contributed by atoms with Gasteiger partial charge in [0.05, 0.1) is 0 Å². The second kappa shape index (κ2) is 5.74. The van der Waals surface area contributed by atoms with Crippen LogP contribution < -0.4 is 10.4 Å². The standard InChI is InChI=1S/C15H14Cl2Si/c1-2-6-13-9-11-15(12-10-13)18(16,17)14-7-4-3-5-8-14/h2-12H,1H3. The molecular weight excluding hydrogens is 279 g/mol.